The first-order chi connectivity index (χ1) is 9.13. The maximum atomic E-state index is 12.1. The number of hydrogen-bond acceptors (Lipinski definition) is 4. The number of benzene rings is 1. The number of ether oxygens (including phenoxy) is 1. The van der Waals surface area contributed by atoms with Crippen LogP contribution in [0.4, 0.5) is 18.9 Å². The second-order valence-corrected chi connectivity index (χ2v) is 7.18. The Labute approximate surface area is 123 Å². The predicted molar refractivity (Wildman–Crippen MR) is 73.6 cm³/mol. The monoisotopic (exact) mass is 375 g/mol. The van der Waals surface area contributed by atoms with Gasteiger partial charge in [0.05, 0.1) is 10.2 Å². The van der Waals surface area contributed by atoms with Crippen LogP contribution in [0.25, 0.3) is 0 Å². The van der Waals surface area contributed by atoms with Crippen molar-refractivity contribution in [2.45, 2.75) is 13.3 Å². The van der Waals surface area contributed by atoms with Crippen molar-refractivity contribution in [1.82, 2.24) is 0 Å². The van der Waals surface area contributed by atoms with Crippen molar-refractivity contribution in [1.29, 1.82) is 0 Å². The first-order valence-electron chi connectivity index (χ1n) is 5.62. The van der Waals surface area contributed by atoms with E-state index in [-0.39, 0.29) is 28.3 Å². The van der Waals surface area contributed by atoms with E-state index in [2.05, 4.69) is 26.0 Å². The van der Waals surface area contributed by atoms with Gasteiger partial charge in [0, 0.05) is 18.0 Å². The highest BCUT2D eigenvalue weighted by molar-refractivity contribution is 9.10. The lowest BCUT2D eigenvalue weighted by atomic mass is 10.3. The Bertz CT molecular complexity index is 561. The average Bonchev–Trinajstić information content (AvgIpc) is 2.31. The van der Waals surface area contributed by atoms with Crippen LogP contribution in [-0.4, -0.2) is 32.8 Å². The number of sulfone groups is 1. The highest BCUT2D eigenvalue weighted by Crippen LogP contribution is 2.32. The molecule has 0 atom stereocenters. The van der Waals surface area contributed by atoms with Crippen molar-refractivity contribution in [2.75, 3.05) is 23.4 Å². The second kappa shape index (κ2) is 6.66. The highest BCUT2D eigenvalue weighted by Gasteiger charge is 2.31. The van der Waals surface area contributed by atoms with Crippen molar-refractivity contribution in [3.8, 4) is 5.75 Å². The minimum Gasteiger partial charge on any atom is -0.405 e. The third-order valence-corrected chi connectivity index (χ3v) is 4.67. The fraction of sp³-hybridized carbons (Fsp3) is 0.455. The molecule has 0 radical (unpaired) electrons. The molecule has 0 aliphatic carbocycles. The van der Waals surface area contributed by atoms with Crippen LogP contribution >= 0.6 is 15.9 Å². The van der Waals surface area contributed by atoms with E-state index in [1.54, 1.807) is 6.92 Å². The van der Waals surface area contributed by atoms with Crippen LogP contribution in [0.1, 0.15) is 6.92 Å². The summed E-state index contributed by atoms with van der Waals surface area (Å²) in [4.78, 5) is 0. The smallest absolute Gasteiger partial charge is 0.405 e. The van der Waals surface area contributed by atoms with Crippen molar-refractivity contribution in [2.24, 2.45) is 0 Å². The molecule has 1 aromatic rings. The van der Waals surface area contributed by atoms with Crippen LogP contribution in [-0.2, 0) is 9.84 Å². The van der Waals surface area contributed by atoms with E-state index in [0.29, 0.717) is 5.69 Å². The lowest BCUT2D eigenvalue weighted by Crippen LogP contribution is -2.18. The summed E-state index contributed by atoms with van der Waals surface area (Å²) in [6.07, 6.45) is -4.76. The maximum absolute atomic E-state index is 12.1. The molecule has 0 bridgehead atoms. The molecule has 1 rings (SSSR count). The zero-order valence-corrected chi connectivity index (χ0v) is 12.9. The molecule has 4 nitrogen and oxygen atoms in total. The molecule has 0 aliphatic heterocycles. The molecule has 0 aromatic heterocycles. The molecule has 0 saturated carbocycles. The van der Waals surface area contributed by atoms with E-state index in [4.69, 9.17) is 0 Å². The summed E-state index contributed by atoms with van der Waals surface area (Å²) in [7, 11) is -3.08. The number of hydrogen-bond donors (Lipinski definition) is 1. The van der Waals surface area contributed by atoms with Gasteiger partial charge in [-0.2, -0.15) is 0 Å². The summed E-state index contributed by atoms with van der Waals surface area (Å²) in [6.45, 7) is 1.73. The van der Waals surface area contributed by atoms with E-state index in [0.717, 1.165) is 6.07 Å². The van der Waals surface area contributed by atoms with Crippen LogP contribution in [0.15, 0.2) is 22.7 Å². The number of nitrogens with one attached hydrogen (secondary N) is 1. The molecule has 0 spiro atoms. The summed E-state index contributed by atoms with van der Waals surface area (Å²) in [5, 5.41) is 2.82. The lowest BCUT2D eigenvalue weighted by molar-refractivity contribution is -0.274. The van der Waals surface area contributed by atoms with Crippen LogP contribution in [0, 0.1) is 0 Å². The zero-order valence-electron chi connectivity index (χ0n) is 10.5. The van der Waals surface area contributed by atoms with E-state index in [9.17, 15) is 21.6 Å². The standard InChI is InChI=1S/C11H13BrF3NO3S/c1-2-20(17,18)6-5-16-8-3-4-10(9(12)7-8)19-11(13,14)15/h3-4,7,16H,2,5-6H2,1H3. The summed E-state index contributed by atoms with van der Waals surface area (Å²) in [5.74, 6) is -0.345. The Hall–Kier alpha value is -0.960. The Balaban J connectivity index is 2.64. The van der Waals surface area contributed by atoms with Crippen LogP contribution in [0.2, 0.25) is 0 Å². The third-order valence-electron chi connectivity index (χ3n) is 2.34. The number of alkyl halides is 3. The first-order valence-corrected chi connectivity index (χ1v) is 8.24. The van der Waals surface area contributed by atoms with Gasteiger partial charge in [0.2, 0.25) is 0 Å². The molecule has 0 amide bonds. The molecule has 0 aliphatic rings. The quantitative estimate of drug-likeness (QED) is 0.829. The average molecular weight is 376 g/mol. The molecule has 20 heavy (non-hydrogen) atoms. The largest absolute Gasteiger partial charge is 0.573 e. The minimum absolute atomic E-state index is 0.0398. The Morgan fingerprint density at radius 3 is 2.50 bits per heavy atom. The summed E-state index contributed by atoms with van der Waals surface area (Å²) in [6, 6.07) is 3.91. The van der Waals surface area contributed by atoms with Gasteiger partial charge in [-0.3, -0.25) is 0 Å². The fourth-order valence-corrected chi connectivity index (χ4v) is 2.47. The molecule has 114 valence electrons. The van der Waals surface area contributed by atoms with Gasteiger partial charge < -0.3 is 10.1 Å². The van der Waals surface area contributed by atoms with Crippen molar-refractivity contribution in [3.63, 3.8) is 0 Å². The molecule has 1 N–H and O–H groups in total. The molecule has 9 heteroatoms. The lowest BCUT2D eigenvalue weighted by Gasteiger charge is -2.12. The molecule has 0 unspecified atom stereocenters. The Morgan fingerprint density at radius 2 is 2.00 bits per heavy atom. The molecule has 0 heterocycles. The summed E-state index contributed by atoms with van der Waals surface area (Å²) < 4.78 is 62.7. The molecule has 0 saturated heterocycles. The van der Waals surface area contributed by atoms with Gasteiger partial charge in [0.1, 0.15) is 5.75 Å². The maximum Gasteiger partial charge on any atom is 0.573 e. The van der Waals surface area contributed by atoms with Crippen molar-refractivity contribution >= 4 is 31.5 Å². The SMILES string of the molecule is CCS(=O)(=O)CCNc1ccc(OC(F)(F)F)c(Br)c1. The topological polar surface area (TPSA) is 55.4 Å². The summed E-state index contributed by atoms with van der Waals surface area (Å²) >= 11 is 2.96. The van der Waals surface area contributed by atoms with Gasteiger partial charge in [0.25, 0.3) is 0 Å². The molecule has 1 aromatic carbocycles. The van der Waals surface area contributed by atoms with Gasteiger partial charge in [-0.05, 0) is 34.1 Å². The fourth-order valence-electron chi connectivity index (χ4n) is 1.31. The predicted octanol–water partition coefficient (Wildman–Crippen LogP) is 3.19. The number of anilines is 1. The zero-order chi connectivity index (χ0) is 15.4. The van der Waals surface area contributed by atoms with Crippen LogP contribution in [0.3, 0.4) is 0 Å². The van der Waals surface area contributed by atoms with Crippen molar-refractivity contribution in [3.05, 3.63) is 22.7 Å². The normalized spacial score (nSPS) is 12.2. The van der Waals surface area contributed by atoms with E-state index in [1.165, 1.54) is 12.1 Å². The van der Waals surface area contributed by atoms with Crippen LogP contribution < -0.4 is 10.1 Å². The van der Waals surface area contributed by atoms with Gasteiger partial charge >= 0.3 is 6.36 Å². The van der Waals surface area contributed by atoms with Gasteiger partial charge in [0.15, 0.2) is 9.84 Å². The Morgan fingerprint density at radius 1 is 1.35 bits per heavy atom. The number of halogens is 4. The van der Waals surface area contributed by atoms with Gasteiger partial charge in [-0.15, -0.1) is 13.2 Å². The van der Waals surface area contributed by atoms with Crippen molar-refractivity contribution < 1.29 is 26.3 Å². The molecular formula is C11H13BrF3NO3S. The molecular weight excluding hydrogens is 363 g/mol. The third kappa shape index (κ3) is 6.00. The van der Waals surface area contributed by atoms with Gasteiger partial charge in [-0.1, -0.05) is 6.92 Å². The Kier molecular flexibility index (Phi) is 5.69. The van der Waals surface area contributed by atoms with E-state index in [1.807, 2.05) is 0 Å². The first kappa shape index (κ1) is 17.1. The van der Waals surface area contributed by atoms with E-state index < -0.39 is 16.2 Å². The highest BCUT2D eigenvalue weighted by atomic mass is 79.9. The van der Waals surface area contributed by atoms with Gasteiger partial charge in [-0.25, -0.2) is 8.42 Å². The van der Waals surface area contributed by atoms with Crippen LogP contribution in [0.5, 0.6) is 5.75 Å². The molecule has 0 fully saturated rings. The minimum atomic E-state index is -4.76. The van der Waals surface area contributed by atoms with E-state index >= 15 is 0 Å². The second-order valence-electron chi connectivity index (χ2n) is 3.86. The number of rotatable bonds is 6. The summed E-state index contributed by atoms with van der Waals surface area (Å²) in [5.41, 5.74) is 0.498.